The van der Waals surface area contributed by atoms with Crippen LogP contribution < -0.4 is 4.90 Å². The number of anilines is 1. The largest absolute Gasteiger partial charge is 0.366 e. The lowest BCUT2D eigenvalue weighted by Crippen LogP contribution is -2.43. The van der Waals surface area contributed by atoms with Crippen LogP contribution in [0.25, 0.3) is 0 Å². The number of para-hydroxylation sites is 2. The maximum absolute atomic E-state index is 13.0. The molecule has 0 N–H and O–H groups in total. The first-order valence-electron chi connectivity index (χ1n) is 9.91. The first kappa shape index (κ1) is 19.9. The molecule has 148 valence electrons. The van der Waals surface area contributed by atoms with E-state index in [9.17, 15) is 14.9 Å². The van der Waals surface area contributed by atoms with Crippen LogP contribution in [0.15, 0.2) is 54.6 Å². The van der Waals surface area contributed by atoms with Gasteiger partial charge in [0, 0.05) is 38.2 Å². The smallest absolute Gasteiger partial charge is 0.292 e. The summed E-state index contributed by atoms with van der Waals surface area (Å²) in [7, 11) is 0. The van der Waals surface area contributed by atoms with Gasteiger partial charge in [-0.1, -0.05) is 42.5 Å². The van der Waals surface area contributed by atoms with Gasteiger partial charge in [-0.15, -0.1) is 0 Å². The second-order valence-corrected chi connectivity index (χ2v) is 7.16. The Bertz CT molecular complexity index is 802. The zero-order chi connectivity index (χ0) is 19.9. The van der Waals surface area contributed by atoms with Crippen molar-refractivity contribution in [1.29, 1.82) is 0 Å². The van der Waals surface area contributed by atoms with Crippen molar-refractivity contribution in [1.82, 2.24) is 4.90 Å². The molecule has 0 aromatic heterocycles. The van der Waals surface area contributed by atoms with Crippen molar-refractivity contribution < 1.29 is 9.72 Å². The number of nitrogens with zero attached hydrogens (tertiary/aromatic N) is 3. The third kappa shape index (κ3) is 4.68. The third-order valence-corrected chi connectivity index (χ3v) is 5.47. The molecule has 1 aliphatic rings. The molecular weight excluding hydrogens is 354 g/mol. The zero-order valence-corrected chi connectivity index (χ0v) is 16.3. The molecule has 0 spiro atoms. The van der Waals surface area contributed by atoms with Gasteiger partial charge < -0.3 is 9.80 Å². The fourth-order valence-electron chi connectivity index (χ4n) is 3.84. The van der Waals surface area contributed by atoms with Crippen molar-refractivity contribution in [2.45, 2.75) is 26.2 Å². The van der Waals surface area contributed by atoms with Gasteiger partial charge in [0.2, 0.25) is 5.91 Å². The van der Waals surface area contributed by atoms with Crippen LogP contribution in [0, 0.1) is 16.0 Å². The van der Waals surface area contributed by atoms with E-state index in [4.69, 9.17) is 0 Å². The Hall–Kier alpha value is -2.89. The second-order valence-electron chi connectivity index (χ2n) is 7.16. The van der Waals surface area contributed by atoms with Gasteiger partial charge in [-0.3, -0.25) is 14.9 Å². The van der Waals surface area contributed by atoms with Gasteiger partial charge in [-0.2, -0.15) is 0 Å². The predicted octanol–water partition coefficient (Wildman–Crippen LogP) is 3.90. The summed E-state index contributed by atoms with van der Waals surface area (Å²) in [5, 5.41) is 11.3. The number of carbonyl (C=O) groups excluding carboxylic acids is 1. The van der Waals surface area contributed by atoms with Gasteiger partial charge >= 0.3 is 0 Å². The summed E-state index contributed by atoms with van der Waals surface area (Å²) in [5.41, 5.74) is 2.01. The number of nitro groups is 1. The number of hydrogen-bond donors (Lipinski definition) is 0. The van der Waals surface area contributed by atoms with Crippen LogP contribution in [-0.4, -0.2) is 41.9 Å². The Morgan fingerprint density at radius 3 is 2.39 bits per heavy atom. The predicted molar refractivity (Wildman–Crippen MR) is 110 cm³/mol. The van der Waals surface area contributed by atoms with E-state index in [1.54, 1.807) is 12.1 Å². The number of rotatable bonds is 7. The van der Waals surface area contributed by atoms with Crippen molar-refractivity contribution in [2.24, 2.45) is 5.92 Å². The fraction of sp³-hybridized carbons (Fsp3) is 0.409. The maximum atomic E-state index is 13.0. The standard InChI is InChI=1S/C22H27N3O3/c1-2-23(15-12-18-8-4-3-5-9-18)22(26)19-13-16-24(17-14-19)20-10-6-7-11-21(20)25(27)28/h3-11,19H,2,12-17H2,1H3. The van der Waals surface area contributed by atoms with Crippen LogP contribution in [0.4, 0.5) is 11.4 Å². The second kappa shape index (κ2) is 9.35. The molecule has 6 heteroatoms. The summed E-state index contributed by atoms with van der Waals surface area (Å²) in [5.74, 6) is 0.204. The molecule has 0 aliphatic carbocycles. The average molecular weight is 381 g/mol. The van der Waals surface area contributed by atoms with Gasteiger partial charge in [0.1, 0.15) is 5.69 Å². The minimum absolute atomic E-state index is 0.00487. The number of benzene rings is 2. The lowest BCUT2D eigenvalue weighted by atomic mass is 9.94. The summed E-state index contributed by atoms with van der Waals surface area (Å²) < 4.78 is 0. The highest BCUT2D eigenvalue weighted by molar-refractivity contribution is 5.79. The molecule has 1 amide bonds. The molecule has 1 fully saturated rings. The van der Waals surface area contributed by atoms with Gasteiger partial charge in [0.25, 0.3) is 5.69 Å². The fourth-order valence-corrected chi connectivity index (χ4v) is 3.84. The summed E-state index contributed by atoms with van der Waals surface area (Å²) in [6.45, 7) is 4.78. The number of amides is 1. The SMILES string of the molecule is CCN(CCc1ccccc1)C(=O)C1CCN(c2ccccc2[N+](=O)[O-])CC1. The van der Waals surface area contributed by atoms with Crippen LogP contribution in [0.2, 0.25) is 0 Å². The van der Waals surface area contributed by atoms with E-state index in [0.717, 1.165) is 25.8 Å². The molecule has 0 saturated carbocycles. The van der Waals surface area contributed by atoms with E-state index in [-0.39, 0.29) is 22.4 Å². The third-order valence-electron chi connectivity index (χ3n) is 5.47. The van der Waals surface area contributed by atoms with Gasteiger partial charge in [0.05, 0.1) is 4.92 Å². The van der Waals surface area contributed by atoms with E-state index in [0.29, 0.717) is 25.3 Å². The molecular formula is C22H27N3O3. The topological polar surface area (TPSA) is 66.7 Å². The lowest BCUT2D eigenvalue weighted by Gasteiger charge is -2.35. The molecule has 0 radical (unpaired) electrons. The molecule has 28 heavy (non-hydrogen) atoms. The highest BCUT2D eigenvalue weighted by Gasteiger charge is 2.30. The highest BCUT2D eigenvalue weighted by Crippen LogP contribution is 2.31. The van der Waals surface area contributed by atoms with E-state index >= 15 is 0 Å². The number of hydrogen-bond acceptors (Lipinski definition) is 4. The molecule has 0 bridgehead atoms. The zero-order valence-electron chi connectivity index (χ0n) is 16.3. The molecule has 1 aliphatic heterocycles. The van der Waals surface area contributed by atoms with E-state index in [1.165, 1.54) is 11.6 Å². The average Bonchev–Trinajstić information content (AvgIpc) is 2.75. The molecule has 1 heterocycles. The summed E-state index contributed by atoms with van der Waals surface area (Å²) >= 11 is 0. The maximum Gasteiger partial charge on any atom is 0.292 e. The molecule has 0 unspecified atom stereocenters. The number of piperidine rings is 1. The lowest BCUT2D eigenvalue weighted by molar-refractivity contribution is -0.384. The van der Waals surface area contributed by atoms with Crippen molar-refractivity contribution in [3.8, 4) is 0 Å². The Balaban J connectivity index is 1.57. The highest BCUT2D eigenvalue weighted by atomic mass is 16.6. The van der Waals surface area contributed by atoms with Crippen LogP contribution in [0.1, 0.15) is 25.3 Å². The van der Waals surface area contributed by atoms with Crippen LogP contribution in [0.5, 0.6) is 0 Å². The Labute approximate surface area is 165 Å². The number of nitro benzene ring substituents is 1. The van der Waals surface area contributed by atoms with E-state index in [1.807, 2.05) is 41.0 Å². The van der Waals surface area contributed by atoms with Crippen LogP contribution in [0.3, 0.4) is 0 Å². The Morgan fingerprint density at radius 2 is 1.75 bits per heavy atom. The Morgan fingerprint density at radius 1 is 1.11 bits per heavy atom. The summed E-state index contributed by atoms with van der Waals surface area (Å²) in [4.78, 5) is 27.9. The van der Waals surface area contributed by atoms with Gasteiger partial charge in [-0.05, 0) is 37.8 Å². The van der Waals surface area contributed by atoms with E-state index < -0.39 is 0 Å². The first-order chi connectivity index (χ1) is 13.6. The first-order valence-corrected chi connectivity index (χ1v) is 9.91. The minimum atomic E-state index is -0.338. The number of likely N-dealkylation sites (N-methyl/N-ethyl adjacent to an activating group) is 1. The number of carbonyl (C=O) groups is 1. The summed E-state index contributed by atoms with van der Waals surface area (Å²) in [6, 6.07) is 17.0. The molecule has 2 aromatic rings. The summed E-state index contributed by atoms with van der Waals surface area (Å²) in [6.07, 6.45) is 2.31. The molecule has 1 saturated heterocycles. The van der Waals surface area contributed by atoms with Gasteiger partial charge in [-0.25, -0.2) is 0 Å². The normalized spacial score (nSPS) is 14.7. The van der Waals surface area contributed by atoms with Crippen molar-refractivity contribution in [3.63, 3.8) is 0 Å². The molecule has 0 atom stereocenters. The minimum Gasteiger partial charge on any atom is -0.366 e. The van der Waals surface area contributed by atoms with Crippen molar-refractivity contribution >= 4 is 17.3 Å². The Kier molecular flexibility index (Phi) is 6.63. The van der Waals surface area contributed by atoms with E-state index in [2.05, 4.69) is 12.1 Å². The molecule has 3 rings (SSSR count). The van der Waals surface area contributed by atoms with Crippen LogP contribution in [-0.2, 0) is 11.2 Å². The molecule has 2 aromatic carbocycles. The van der Waals surface area contributed by atoms with Crippen molar-refractivity contribution in [2.75, 3.05) is 31.1 Å². The molecule has 6 nitrogen and oxygen atoms in total. The van der Waals surface area contributed by atoms with Crippen LogP contribution >= 0.6 is 0 Å². The van der Waals surface area contributed by atoms with Gasteiger partial charge in [0.15, 0.2) is 0 Å². The quantitative estimate of drug-likeness (QED) is 0.539. The monoisotopic (exact) mass is 381 g/mol. The van der Waals surface area contributed by atoms with Crippen molar-refractivity contribution in [3.05, 3.63) is 70.3 Å².